The highest BCUT2D eigenvalue weighted by molar-refractivity contribution is 5.67. The maximum absolute atomic E-state index is 12.7. The van der Waals surface area contributed by atoms with E-state index in [1.54, 1.807) is 12.1 Å². The lowest BCUT2D eigenvalue weighted by Crippen LogP contribution is -1.85. The molecule has 0 aliphatic rings. The first-order chi connectivity index (χ1) is 7.75. The normalized spacial score (nSPS) is 9.19. The monoisotopic (exact) mass is 217 g/mol. The van der Waals surface area contributed by atoms with E-state index in [0.29, 0.717) is 5.69 Å². The van der Waals surface area contributed by atoms with E-state index in [1.165, 1.54) is 12.1 Å². The van der Waals surface area contributed by atoms with Gasteiger partial charge in [0.05, 0.1) is 0 Å². The second-order valence-corrected chi connectivity index (χ2v) is 3.13. The summed E-state index contributed by atoms with van der Waals surface area (Å²) in [5.41, 5.74) is 8.34. The number of hydrogen-bond acceptors (Lipinski definition) is 1. The van der Waals surface area contributed by atoms with Gasteiger partial charge in [-0.25, -0.2) is 4.39 Å². The Morgan fingerprint density at radius 1 is 0.875 bits per heavy atom. The molecule has 0 amide bonds. The van der Waals surface area contributed by atoms with Crippen molar-refractivity contribution in [3.8, 4) is 11.1 Å². The molecule has 0 aliphatic carbocycles. The number of anilines is 1. The SMILES string of the molecule is CC.Nc1cccc(-c2ccc(F)cc2)c1. The second kappa shape index (κ2) is 5.91. The fraction of sp³-hybridized carbons (Fsp3) is 0.143. The highest BCUT2D eigenvalue weighted by Gasteiger charge is 1.97. The van der Waals surface area contributed by atoms with Crippen molar-refractivity contribution in [1.29, 1.82) is 0 Å². The molecule has 16 heavy (non-hydrogen) atoms. The Hall–Kier alpha value is -1.83. The fourth-order valence-electron chi connectivity index (χ4n) is 1.36. The van der Waals surface area contributed by atoms with Crippen LogP contribution in [0.4, 0.5) is 10.1 Å². The molecule has 0 spiro atoms. The fourth-order valence-corrected chi connectivity index (χ4v) is 1.36. The summed E-state index contributed by atoms with van der Waals surface area (Å²) in [4.78, 5) is 0. The van der Waals surface area contributed by atoms with Gasteiger partial charge < -0.3 is 5.73 Å². The number of hydrogen-bond donors (Lipinski definition) is 1. The maximum atomic E-state index is 12.7. The number of nitrogen functional groups attached to an aromatic ring is 1. The lowest BCUT2D eigenvalue weighted by atomic mass is 10.1. The molecule has 0 fully saturated rings. The Labute approximate surface area is 95.7 Å². The van der Waals surface area contributed by atoms with Crippen molar-refractivity contribution in [3.05, 3.63) is 54.3 Å². The van der Waals surface area contributed by atoms with Gasteiger partial charge in [-0.2, -0.15) is 0 Å². The number of halogens is 1. The molecule has 2 aromatic carbocycles. The minimum absolute atomic E-state index is 0.224. The third-order valence-electron chi connectivity index (χ3n) is 2.06. The number of benzene rings is 2. The van der Waals surface area contributed by atoms with E-state index in [4.69, 9.17) is 5.73 Å². The molecule has 0 saturated carbocycles. The summed E-state index contributed by atoms with van der Waals surface area (Å²) < 4.78 is 12.7. The Morgan fingerprint density at radius 2 is 1.50 bits per heavy atom. The average molecular weight is 217 g/mol. The van der Waals surface area contributed by atoms with Gasteiger partial charge in [0.1, 0.15) is 5.82 Å². The first-order valence-corrected chi connectivity index (χ1v) is 5.37. The molecule has 0 saturated heterocycles. The molecule has 0 aliphatic heterocycles. The van der Waals surface area contributed by atoms with Crippen LogP contribution in [0.5, 0.6) is 0 Å². The predicted octanol–water partition coefficient (Wildman–Crippen LogP) is 4.10. The van der Waals surface area contributed by atoms with E-state index in [-0.39, 0.29) is 5.82 Å². The number of nitrogens with two attached hydrogens (primary N) is 1. The van der Waals surface area contributed by atoms with Crippen molar-refractivity contribution < 1.29 is 4.39 Å². The van der Waals surface area contributed by atoms with Crippen LogP contribution in [0.3, 0.4) is 0 Å². The van der Waals surface area contributed by atoms with Crippen molar-refractivity contribution in [1.82, 2.24) is 0 Å². The van der Waals surface area contributed by atoms with Crippen LogP contribution in [0.2, 0.25) is 0 Å². The van der Waals surface area contributed by atoms with Gasteiger partial charge >= 0.3 is 0 Å². The molecule has 2 N–H and O–H groups in total. The zero-order valence-electron chi connectivity index (χ0n) is 9.57. The maximum Gasteiger partial charge on any atom is 0.123 e. The molecule has 0 bridgehead atoms. The Balaban J connectivity index is 0.000000606. The molecule has 0 heterocycles. The van der Waals surface area contributed by atoms with Crippen LogP contribution in [-0.4, -0.2) is 0 Å². The van der Waals surface area contributed by atoms with Gasteiger partial charge in [-0.3, -0.25) is 0 Å². The van der Waals surface area contributed by atoms with Crippen LogP contribution in [-0.2, 0) is 0 Å². The summed E-state index contributed by atoms with van der Waals surface area (Å²) in [7, 11) is 0. The first kappa shape index (κ1) is 12.2. The van der Waals surface area contributed by atoms with Crippen LogP contribution in [0.15, 0.2) is 48.5 Å². The summed E-state index contributed by atoms with van der Waals surface area (Å²) in [6.45, 7) is 4.00. The van der Waals surface area contributed by atoms with Crippen molar-refractivity contribution >= 4 is 5.69 Å². The lowest BCUT2D eigenvalue weighted by Gasteiger charge is -2.02. The largest absolute Gasteiger partial charge is 0.399 e. The van der Waals surface area contributed by atoms with Crippen molar-refractivity contribution in [3.63, 3.8) is 0 Å². The van der Waals surface area contributed by atoms with Gasteiger partial charge in [-0.05, 0) is 35.4 Å². The second-order valence-electron chi connectivity index (χ2n) is 3.13. The minimum Gasteiger partial charge on any atom is -0.399 e. The zero-order chi connectivity index (χ0) is 12.0. The lowest BCUT2D eigenvalue weighted by molar-refractivity contribution is 0.628. The molecular formula is C14H16FN. The molecule has 1 nitrogen and oxygen atoms in total. The van der Waals surface area contributed by atoms with Gasteiger partial charge in [0.25, 0.3) is 0 Å². The Kier molecular flexibility index (Phi) is 4.52. The van der Waals surface area contributed by atoms with Crippen LogP contribution >= 0.6 is 0 Å². The third-order valence-corrected chi connectivity index (χ3v) is 2.06. The highest BCUT2D eigenvalue weighted by Crippen LogP contribution is 2.21. The van der Waals surface area contributed by atoms with Crippen LogP contribution in [0.1, 0.15) is 13.8 Å². The van der Waals surface area contributed by atoms with E-state index in [9.17, 15) is 4.39 Å². The van der Waals surface area contributed by atoms with E-state index in [0.717, 1.165) is 11.1 Å². The summed E-state index contributed by atoms with van der Waals surface area (Å²) in [5, 5.41) is 0. The molecule has 84 valence electrons. The van der Waals surface area contributed by atoms with Crippen molar-refractivity contribution in [2.45, 2.75) is 13.8 Å². The van der Waals surface area contributed by atoms with Crippen molar-refractivity contribution in [2.24, 2.45) is 0 Å². The Morgan fingerprint density at radius 3 is 2.06 bits per heavy atom. The molecule has 0 unspecified atom stereocenters. The summed E-state index contributed by atoms with van der Waals surface area (Å²) in [6, 6.07) is 13.9. The minimum atomic E-state index is -0.224. The van der Waals surface area contributed by atoms with Crippen LogP contribution in [0.25, 0.3) is 11.1 Å². The topological polar surface area (TPSA) is 26.0 Å². The van der Waals surface area contributed by atoms with E-state index in [2.05, 4.69) is 0 Å². The molecule has 2 aromatic rings. The quantitative estimate of drug-likeness (QED) is 0.715. The molecule has 0 aromatic heterocycles. The Bertz CT molecular complexity index is 435. The predicted molar refractivity (Wildman–Crippen MR) is 67.6 cm³/mol. The average Bonchev–Trinajstić information content (AvgIpc) is 2.32. The van der Waals surface area contributed by atoms with Gasteiger partial charge in [0.15, 0.2) is 0 Å². The van der Waals surface area contributed by atoms with E-state index in [1.807, 2.05) is 38.1 Å². The van der Waals surface area contributed by atoms with E-state index >= 15 is 0 Å². The molecule has 2 heteroatoms. The smallest absolute Gasteiger partial charge is 0.123 e. The summed E-state index contributed by atoms with van der Waals surface area (Å²) in [6.07, 6.45) is 0. The van der Waals surface area contributed by atoms with Gasteiger partial charge in [-0.15, -0.1) is 0 Å². The van der Waals surface area contributed by atoms with Gasteiger partial charge in [0, 0.05) is 5.69 Å². The molecule has 0 radical (unpaired) electrons. The molecule has 2 rings (SSSR count). The summed E-state index contributed by atoms with van der Waals surface area (Å²) in [5.74, 6) is -0.224. The van der Waals surface area contributed by atoms with Crippen LogP contribution < -0.4 is 5.73 Å². The first-order valence-electron chi connectivity index (χ1n) is 5.37. The summed E-state index contributed by atoms with van der Waals surface area (Å²) >= 11 is 0. The van der Waals surface area contributed by atoms with Gasteiger partial charge in [0.2, 0.25) is 0 Å². The molecular weight excluding hydrogens is 201 g/mol. The number of rotatable bonds is 1. The standard InChI is InChI=1S/C12H10FN.C2H6/c13-11-6-4-9(5-7-11)10-2-1-3-12(14)8-10;1-2/h1-8H,14H2;1-2H3. The highest BCUT2D eigenvalue weighted by atomic mass is 19.1. The van der Waals surface area contributed by atoms with Gasteiger partial charge in [-0.1, -0.05) is 38.1 Å². The van der Waals surface area contributed by atoms with Crippen LogP contribution in [0, 0.1) is 5.82 Å². The zero-order valence-corrected chi connectivity index (χ0v) is 9.57. The van der Waals surface area contributed by atoms with Crippen molar-refractivity contribution in [2.75, 3.05) is 5.73 Å². The molecule has 0 atom stereocenters. The van der Waals surface area contributed by atoms with E-state index < -0.39 is 0 Å². The third kappa shape index (κ3) is 3.09.